The van der Waals surface area contributed by atoms with Gasteiger partial charge in [0.1, 0.15) is 5.75 Å². The van der Waals surface area contributed by atoms with Crippen molar-refractivity contribution in [3.8, 4) is 5.75 Å². The number of hydrogen-bond acceptors (Lipinski definition) is 3. The van der Waals surface area contributed by atoms with Crippen LogP contribution in [0, 0.1) is 0 Å². The summed E-state index contributed by atoms with van der Waals surface area (Å²) in [5, 5.41) is 2.78. The summed E-state index contributed by atoms with van der Waals surface area (Å²) in [6.07, 6.45) is 0. The molecule has 2 rings (SSSR count). The largest absolute Gasteiger partial charge is 0.497 e. The van der Waals surface area contributed by atoms with Crippen molar-refractivity contribution in [1.82, 2.24) is 4.90 Å². The van der Waals surface area contributed by atoms with E-state index in [9.17, 15) is 9.59 Å². The molecule has 0 spiro atoms. The lowest BCUT2D eigenvalue weighted by molar-refractivity contribution is 0.0827. The molecule has 0 radical (unpaired) electrons. The molecule has 114 valence electrons. The lowest BCUT2D eigenvalue weighted by Crippen LogP contribution is -2.21. The molecule has 2 aromatic carbocycles. The van der Waals surface area contributed by atoms with Crippen LogP contribution in [0.25, 0.3) is 0 Å². The molecule has 0 aliphatic heterocycles. The van der Waals surface area contributed by atoms with E-state index in [1.165, 1.54) is 4.90 Å². The van der Waals surface area contributed by atoms with E-state index in [1.54, 1.807) is 69.7 Å². The SMILES string of the molecule is COc1ccc(C(=O)Nc2cccc(C(=O)N(C)C)c2)cc1. The third kappa shape index (κ3) is 3.63. The maximum atomic E-state index is 12.2. The summed E-state index contributed by atoms with van der Waals surface area (Å²) < 4.78 is 5.06. The van der Waals surface area contributed by atoms with Gasteiger partial charge in [-0.3, -0.25) is 9.59 Å². The Morgan fingerprint density at radius 1 is 1.00 bits per heavy atom. The van der Waals surface area contributed by atoms with Gasteiger partial charge in [0.05, 0.1) is 7.11 Å². The van der Waals surface area contributed by atoms with Crippen molar-refractivity contribution in [2.75, 3.05) is 26.5 Å². The second kappa shape index (κ2) is 6.76. The van der Waals surface area contributed by atoms with Crippen LogP contribution >= 0.6 is 0 Å². The number of hydrogen-bond donors (Lipinski definition) is 1. The van der Waals surface area contributed by atoms with E-state index in [-0.39, 0.29) is 11.8 Å². The summed E-state index contributed by atoms with van der Waals surface area (Å²) in [6.45, 7) is 0. The van der Waals surface area contributed by atoms with Crippen LogP contribution in [0.4, 0.5) is 5.69 Å². The fourth-order valence-corrected chi connectivity index (χ4v) is 1.93. The molecular formula is C17H18N2O3. The molecule has 2 aromatic rings. The monoisotopic (exact) mass is 298 g/mol. The normalized spacial score (nSPS) is 9.95. The number of carbonyl (C=O) groups excluding carboxylic acids is 2. The molecule has 0 saturated heterocycles. The molecule has 0 bridgehead atoms. The molecule has 5 nitrogen and oxygen atoms in total. The maximum Gasteiger partial charge on any atom is 0.255 e. The van der Waals surface area contributed by atoms with Gasteiger partial charge in [0, 0.05) is 30.9 Å². The minimum Gasteiger partial charge on any atom is -0.497 e. The highest BCUT2D eigenvalue weighted by Crippen LogP contribution is 2.15. The van der Waals surface area contributed by atoms with E-state index in [4.69, 9.17) is 4.74 Å². The van der Waals surface area contributed by atoms with Crippen LogP contribution in [0.2, 0.25) is 0 Å². The number of amides is 2. The Labute approximate surface area is 129 Å². The van der Waals surface area contributed by atoms with Gasteiger partial charge in [-0.25, -0.2) is 0 Å². The van der Waals surface area contributed by atoms with Gasteiger partial charge in [-0.2, -0.15) is 0 Å². The van der Waals surface area contributed by atoms with Crippen LogP contribution in [0.15, 0.2) is 48.5 Å². The highest BCUT2D eigenvalue weighted by atomic mass is 16.5. The zero-order chi connectivity index (χ0) is 16.1. The third-order valence-corrected chi connectivity index (χ3v) is 3.13. The zero-order valence-electron chi connectivity index (χ0n) is 12.8. The van der Waals surface area contributed by atoms with Crippen LogP contribution in [-0.2, 0) is 0 Å². The van der Waals surface area contributed by atoms with Gasteiger partial charge >= 0.3 is 0 Å². The topological polar surface area (TPSA) is 58.6 Å². The number of anilines is 1. The Morgan fingerprint density at radius 3 is 2.27 bits per heavy atom. The number of methoxy groups -OCH3 is 1. The molecular weight excluding hydrogens is 280 g/mol. The number of nitrogens with one attached hydrogen (secondary N) is 1. The molecule has 5 heteroatoms. The van der Waals surface area contributed by atoms with E-state index in [1.807, 2.05) is 0 Å². The van der Waals surface area contributed by atoms with Crippen molar-refractivity contribution in [2.45, 2.75) is 0 Å². The van der Waals surface area contributed by atoms with E-state index in [0.717, 1.165) is 0 Å². The van der Waals surface area contributed by atoms with Gasteiger partial charge in [-0.15, -0.1) is 0 Å². The molecule has 0 fully saturated rings. The fraction of sp³-hybridized carbons (Fsp3) is 0.176. The Bertz CT molecular complexity index is 679. The second-order valence-corrected chi connectivity index (χ2v) is 4.96. The standard InChI is InChI=1S/C17H18N2O3/c1-19(2)17(21)13-5-4-6-14(11-13)18-16(20)12-7-9-15(22-3)10-8-12/h4-11H,1-3H3,(H,18,20). The fourth-order valence-electron chi connectivity index (χ4n) is 1.93. The van der Waals surface area contributed by atoms with Crippen LogP contribution in [-0.4, -0.2) is 37.9 Å². The zero-order valence-corrected chi connectivity index (χ0v) is 12.8. The van der Waals surface area contributed by atoms with Gasteiger partial charge in [0.15, 0.2) is 0 Å². The van der Waals surface area contributed by atoms with Gasteiger partial charge in [0.2, 0.25) is 0 Å². The van der Waals surface area contributed by atoms with E-state index < -0.39 is 0 Å². The number of nitrogens with zero attached hydrogens (tertiary/aromatic N) is 1. The summed E-state index contributed by atoms with van der Waals surface area (Å²) in [7, 11) is 4.94. The van der Waals surface area contributed by atoms with Gasteiger partial charge in [0.25, 0.3) is 11.8 Å². The van der Waals surface area contributed by atoms with Gasteiger partial charge in [-0.05, 0) is 42.5 Å². The Hall–Kier alpha value is -2.82. The quantitative estimate of drug-likeness (QED) is 0.944. The van der Waals surface area contributed by atoms with Crippen LogP contribution in [0.3, 0.4) is 0 Å². The highest BCUT2D eigenvalue weighted by molar-refractivity contribution is 6.05. The van der Waals surface area contributed by atoms with Crippen LogP contribution < -0.4 is 10.1 Å². The molecule has 0 heterocycles. The summed E-state index contributed by atoms with van der Waals surface area (Å²) in [6, 6.07) is 13.7. The predicted octanol–water partition coefficient (Wildman–Crippen LogP) is 2.65. The predicted molar refractivity (Wildman–Crippen MR) is 85.4 cm³/mol. The number of ether oxygens (including phenoxy) is 1. The van der Waals surface area contributed by atoms with Crippen molar-refractivity contribution < 1.29 is 14.3 Å². The highest BCUT2D eigenvalue weighted by Gasteiger charge is 2.10. The molecule has 22 heavy (non-hydrogen) atoms. The molecule has 0 aliphatic rings. The first-order chi connectivity index (χ1) is 10.5. The summed E-state index contributed by atoms with van der Waals surface area (Å²) in [5.41, 5.74) is 1.62. The Morgan fingerprint density at radius 2 is 1.68 bits per heavy atom. The minimum absolute atomic E-state index is 0.111. The molecule has 0 aliphatic carbocycles. The average molecular weight is 298 g/mol. The average Bonchev–Trinajstić information content (AvgIpc) is 2.54. The summed E-state index contributed by atoms with van der Waals surface area (Å²) >= 11 is 0. The Balaban J connectivity index is 2.14. The summed E-state index contributed by atoms with van der Waals surface area (Å²) in [4.78, 5) is 25.6. The van der Waals surface area contributed by atoms with Crippen molar-refractivity contribution in [1.29, 1.82) is 0 Å². The van der Waals surface area contributed by atoms with Crippen molar-refractivity contribution in [2.24, 2.45) is 0 Å². The first-order valence-electron chi connectivity index (χ1n) is 6.78. The number of rotatable bonds is 4. The summed E-state index contributed by atoms with van der Waals surface area (Å²) in [5.74, 6) is 0.341. The first kappa shape index (κ1) is 15.6. The molecule has 0 unspecified atom stereocenters. The molecule has 0 atom stereocenters. The third-order valence-electron chi connectivity index (χ3n) is 3.13. The number of benzene rings is 2. The molecule has 0 aromatic heterocycles. The lowest BCUT2D eigenvalue weighted by atomic mass is 10.1. The van der Waals surface area contributed by atoms with E-state index >= 15 is 0 Å². The smallest absolute Gasteiger partial charge is 0.255 e. The van der Waals surface area contributed by atoms with Crippen molar-refractivity contribution >= 4 is 17.5 Å². The van der Waals surface area contributed by atoms with Gasteiger partial charge in [-0.1, -0.05) is 6.07 Å². The van der Waals surface area contributed by atoms with E-state index in [2.05, 4.69) is 5.32 Å². The second-order valence-electron chi connectivity index (χ2n) is 4.96. The first-order valence-corrected chi connectivity index (χ1v) is 6.78. The molecule has 2 amide bonds. The van der Waals surface area contributed by atoms with Crippen LogP contribution in [0.5, 0.6) is 5.75 Å². The minimum atomic E-state index is -0.239. The van der Waals surface area contributed by atoms with Crippen molar-refractivity contribution in [3.05, 3.63) is 59.7 Å². The molecule has 0 saturated carbocycles. The van der Waals surface area contributed by atoms with Gasteiger partial charge < -0.3 is 15.0 Å². The van der Waals surface area contributed by atoms with E-state index in [0.29, 0.717) is 22.6 Å². The van der Waals surface area contributed by atoms with Crippen LogP contribution in [0.1, 0.15) is 20.7 Å². The Kier molecular flexibility index (Phi) is 4.78. The molecule has 1 N–H and O–H groups in total. The lowest BCUT2D eigenvalue weighted by Gasteiger charge is -2.12. The number of carbonyl (C=O) groups is 2. The van der Waals surface area contributed by atoms with Crippen molar-refractivity contribution in [3.63, 3.8) is 0 Å². The maximum absolute atomic E-state index is 12.2.